The first-order valence-corrected chi connectivity index (χ1v) is 9.45. The van der Waals surface area contributed by atoms with Gasteiger partial charge in [-0.1, -0.05) is 0 Å². The summed E-state index contributed by atoms with van der Waals surface area (Å²) < 4.78 is 86.2. The van der Waals surface area contributed by atoms with Crippen LogP contribution in [0.5, 0.6) is 0 Å². The lowest BCUT2D eigenvalue weighted by molar-refractivity contribution is -0.143. The Labute approximate surface area is 180 Å². The standard InChI is InChI=1S/C18H15F6N7O2/c1-8-4-12(17(19,20)21)31-16(27-8)9(5-26-31)15(25)28-13(32)6-30-11-2-3-33-7-10(11)14(29-30)18(22,23)24/h4-5H,2-3,6-7H2,1H3,(H2,25,28,32)/p+1. The highest BCUT2D eigenvalue weighted by Gasteiger charge is 2.40. The number of amides is 1. The van der Waals surface area contributed by atoms with Gasteiger partial charge >= 0.3 is 18.3 Å². The predicted molar refractivity (Wildman–Crippen MR) is 97.5 cm³/mol. The smallest absolute Gasteiger partial charge is 0.376 e. The zero-order valence-electron chi connectivity index (χ0n) is 16.9. The van der Waals surface area contributed by atoms with Crippen molar-refractivity contribution in [1.82, 2.24) is 29.7 Å². The number of nitrogens with one attached hydrogen (secondary N) is 1. The number of aryl methyl sites for hydroxylation is 1. The molecule has 0 fully saturated rings. The van der Waals surface area contributed by atoms with Gasteiger partial charge < -0.3 is 4.74 Å². The number of alkyl halides is 6. The second-order valence-corrected chi connectivity index (χ2v) is 7.27. The quantitative estimate of drug-likeness (QED) is 0.328. The lowest BCUT2D eigenvalue weighted by Crippen LogP contribution is -2.52. The van der Waals surface area contributed by atoms with Crippen LogP contribution in [0.25, 0.3) is 5.65 Å². The Hall–Kier alpha value is -3.49. The summed E-state index contributed by atoms with van der Waals surface area (Å²) in [5, 5.41) is 15.3. The fourth-order valence-electron chi connectivity index (χ4n) is 3.54. The molecule has 9 nitrogen and oxygen atoms in total. The SMILES string of the molecule is Cc1cc(C(F)(F)F)n2ncc(C(=[NH2+])NC(=O)Cn3nc(C(F)(F)F)c4c3CCOC4)c2n1. The topological polar surface area (TPSA) is 112 Å². The van der Waals surface area contributed by atoms with Gasteiger partial charge in [-0.3, -0.25) is 10.1 Å². The summed E-state index contributed by atoms with van der Waals surface area (Å²) >= 11 is 0. The summed E-state index contributed by atoms with van der Waals surface area (Å²) in [6, 6.07) is 0.807. The number of halogens is 6. The highest BCUT2D eigenvalue weighted by atomic mass is 19.4. The average molecular weight is 476 g/mol. The van der Waals surface area contributed by atoms with E-state index in [-0.39, 0.29) is 53.6 Å². The third kappa shape index (κ3) is 4.27. The first-order chi connectivity index (χ1) is 15.4. The monoisotopic (exact) mass is 476 g/mol. The summed E-state index contributed by atoms with van der Waals surface area (Å²) in [6.07, 6.45) is -8.31. The zero-order chi connectivity index (χ0) is 24.1. The number of hydrogen-bond acceptors (Lipinski definition) is 5. The van der Waals surface area contributed by atoms with Crippen LogP contribution in [0.4, 0.5) is 26.3 Å². The van der Waals surface area contributed by atoms with E-state index in [0.717, 1.165) is 16.9 Å². The molecule has 0 aromatic carbocycles. The fraction of sp³-hybridized carbons (Fsp3) is 0.389. The van der Waals surface area contributed by atoms with Crippen LogP contribution in [0, 0.1) is 6.92 Å². The molecule has 0 spiro atoms. The van der Waals surface area contributed by atoms with Crippen LogP contribution in [0.3, 0.4) is 0 Å². The van der Waals surface area contributed by atoms with Crippen molar-refractivity contribution in [3.63, 3.8) is 0 Å². The van der Waals surface area contributed by atoms with Crippen LogP contribution in [-0.2, 0) is 41.5 Å². The van der Waals surface area contributed by atoms with Gasteiger partial charge in [0.1, 0.15) is 17.8 Å². The van der Waals surface area contributed by atoms with Gasteiger partial charge in [0, 0.05) is 23.4 Å². The molecule has 0 unspecified atom stereocenters. The van der Waals surface area contributed by atoms with Gasteiger partial charge in [0.25, 0.3) is 5.84 Å². The van der Waals surface area contributed by atoms with Gasteiger partial charge in [-0.25, -0.2) is 19.6 Å². The maximum absolute atomic E-state index is 13.3. The van der Waals surface area contributed by atoms with Gasteiger partial charge in [0.2, 0.25) is 0 Å². The Kier molecular flexibility index (Phi) is 5.38. The molecular weight excluding hydrogens is 460 g/mol. The molecule has 4 heterocycles. The minimum Gasteiger partial charge on any atom is -0.376 e. The number of amidine groups is 1. The van der Waals surface area contributed by atoms with Crippen LogP contribution >= 0.6 is 0 Å². The number of nitrogens with zero attached hydrogens (tertiary/aromatic N) is 5. The molecule has 3 aromatic heterocycles. The summed E-state index contributed by atoms with van der Waals surface area (Å²) in [7, 11) is 0. The van der Waals surface area contributed by atoms with Crippen molar-refractivity contribution in [3.05, 3.63) is 46.2 Å². The molecule has 1 amide bonds. The van der Waals surface area contributed by atoms with E-state index in [0.29, 0.717) is 4.52 Å². The highest BCUT2D eigenvalue weighted by Crippen LogP contribution is 2.34. The third-order valence-corrected chi connectivity index (χ3v) is 4.91. The van der Waals surface area contributed by atoms with E-state index < -0.39 is 36.2 Å². The Balaban J connectivity index is 1.59. The normalized spacial score (nSPS) is 14.4. The minimum atomic E-state index is -4.73. The summed E-state index contributed by atoms with van der Waals surface area (Å²) in [6.45, 7) is 0.637. The Morgan fingerprint density at radius 1 is 1.24 bits per heavy atom. The molecule has 0 saturated carbocycles. The molecule has 0 bridgehead atoms. The lowest BCUT2D eigenvalue weighted by atomic mass is 10.1. The first-order valence-electron chi connectivity index (χ1n) is 9.45. The minimum absolute atomic E-state index is 0.0424. The molecule has 33 heavy (non-hydrogen) atoms. The van der Waals surface area contributed by atoms with E-state index >= 15 is 0 Å². The van der Waals surface area contributed by atoms with Gasteiger partial charge in [0.05, 0.1) is 19.4 Å². The van der Waals surface area contributed by atoms with E-state index in [1.54, 1.807) is 0 Å². The molecule has 3 N–H and O–H groups in total. The number of ether oxygens (including phenoxy) is 1. The average Bonchev–Trinajstić information content (AvgIpc) is 3.28. The number of rotatable bonds is 3. The van der Waals surface area contributed by atoms with Gasteiger partial charge in [-0.2, -0.15) is 36.5 Å². The van der Waals surface area contributed by atoms with Crippen LogP contribution in [0.2, 0.25) is 0 Å². The highest BCUT2D eigenvalue weighted by molar-refractivity contribution is 6.07. The second-order valence-electron chi connectivity index (χ2n) is 7.27. The van der Waals surface area contributed by atoms with E-state index in [9.17, 15) is 31.1 Å². The third-order valence-electron chi connectivity index (χ3n) is 4.91. The molecule has 3 aromatic rings. The molecule has 0 saturated heterocycles. The second kappa shape index (κ2) is 7.83. The molecular formula is C18H16F6N7O2+. The largest absolute Gasteiger partial charge is 0.435 e. The van der Waals surface area contributed by atoms with Crippen molar-refractivity contribution < 1.29 is 41.3 Å². The van der Waals surface area contributed by atoms with Crippen molar-refractivity contribution in [1.29, 1.82) is 0 Å². The van der Waals surface area contributed by atoms with Crippen LogP contribution in [-0.4, -0.2) is 42.7 Å². The number of nitrogens with two attached hydrogens (primary N) is 1. The number of hydrogen-bond donors (Lipinski definition) is 2. The number of fused-ring (bicyclic) bond motifs is 2. The van der Waals surface area contributed by atoms with E-state index in [1.165, 1.54) is 6.92 Å². The Morgan fingerprint density at radius 3 is 2.64 bits per heavy atom. The predicted octanol–water partition coefficient (Wildman–Crippen LogP) is 0.667. The summed E-state index contributed by atoms with van der Waals surface area (Å²) in [4.78, 5) is 16.5. The van der Waals surface area contributed by atoms with Gasteiger partial charge in [-0.15, -0.1) is 0 Å². The molecule has 4 rings (SSSR count). The van der Waals surface area contributed by atoms with E-state index in [4.69, 9.17) is 10.1 Å². The van der Waals surface area contributed by atoms with Crippen LogP contribution in [0.1, 0.15) is 33.9 Å². The Bertz CT molecular complexity index is 1260. The van der Waals surface area contributed by atoms with E-state index in [1.807, 2.05) is 0 Å². The molecule has 1 aliphatic rings. The molecule has 0 radical (unpaired) electrons. The summed E-state index contributed by atoms with van der Waals surface area (Å²) in [5.74, 6) is -1.19. The Morgan fingerprint density at radius 2 is 1.97 bits per heavy atom. The van der Waals surface area contributed by atoms with Crippen LogP contribution in [0.15, 0.2) is 12.3 Å². The van der Waals surface area contributed by atoms with E-state index in [2.05, 4.69) is 20.5 Å². The lowest BCUT2D eigenvalue weighted by Gasteiger charge is -2.15. The number of carbonyl (C=O) groups excluding carboxylic acids is 1. The van der Waals surface area contributed by atoms with Crippen molar-refractivity contribution in [2.75, 3.05) is 6.61 Å². The summed E-state index contributed by atoms with van der Waals surface area (Å²) in [5.41, 5.74) is -2.42. The molecule has 0 aliphatic carbocycles. The van der Waals surface area contributed by atoms with Gasteiger partial charge in [-0.05, 0) is 13.0 Å². The molecule has 15 heteroatoms. The van der Waals surface area contributed by atoms with Crippen molar-refractivity contribution in [2.45, 2.75) is 38.8 Å². The maximum atomic E-state index is 13.3. The van der Waals surface area contributed by atoms with Crippen molar-refractivity contribution >= 4 is 17.4 Å². The maximum Gasteiger partial charge on any atom is 0.435 e. The van der Waals surface area contributed by atoms with Gasteiger partial charge in [0.15, 0.2) is 11.3 Å². The zero-order valence-corrected chi connectivity index (χ0v) is 16.9. The van der Waals surface area contributed by atoms with Crippen molar-refractivity contribution in [2.24, 2.45) is 0 Å². The van der Waals surface area contributed by atoms with Crippen molar-refractivity contribution in [3.8, 4) is 0 Å². The number of aromatic nitrogens is 5. The fourth-order valence-corrected chi connectivity index (χ4v) is 3.54. The molecule has 0 atom stereocenters. The number of carbonyl (C=O) groups is 1. The first kappa shape index (κ1) is 22.7. The van der Waals surface area contributed by atoms with Crippen LogP contribution < -0.4 is 10.7 Å². The molecule has 1 aliphatic heterocycles. The molecule has 176 valence electrons.